The summed E-state index contributed by atoms with van der Waals surface area (Å²) in [5.41, 5.74) is 15.9. The van der Waals surface area contributed by atoms with E-state index in [1.165, 1.54) is 24.0 Å². The van der Waals surface area contributed by atoms with E-state index in [0.29, 0.717) is 19.0 Å². The van der Waals surface area contributed by atoms with Gasteiger partial charge in [0.05, 0.1) is 6.17 Å². The zero-order valence-electron chi connectivity index (χ0n) is 18.5. The van der Waals surface area contributed by atoms with Crippen LogP contribution in [0.3, 0.4) is 0 Å². The molecule has 5 N–H and O–H groups in total. The molecule has 168 valence electrons. The van der Waals surface area contributed by atoms with Crippen molar-refractivity contribution in [2.45, 2.75) is 56.9 Å². The molecule has 2 fully saturated rings. The van der Waals surface area contributed by atoms with E-state index < -0.39 is 6.17 Å². The highest BCUT2D eigenvalue weighted by molar-refractivity contribution is 5.29. The van der Waals surface area contributed by atoms with Crippen molar-refractivity contribution in [2.24, 2.45) is 11.5 Å². The Morgan fingerprint density at radius 2 is 1.77 bits per heavy atom. The average Bonchev–Trinajstić information content (AvgIpc) is 3.45. The molecule has 0 amide bonds. The van der Waals surface area contributed by atoms with Crippen molar-refractivity contribution in [2.75, 3.05) is 19.6 Å². The van der Waals surface area contributed by atoms with Crippen LogP contribution in [-0.2, 0) is 6.42 Å². The van der Waals surface area contributed by atoms with Gasteiger partial charge in [0.25, 0.3) is 0 Å². The van der Waals surface area contributed by atoms with E-state index >= 15 is 0 Å². The van der Waals surface area contributed by atoms with Crippen LogP contribution in [0.5, 0.6) is 0 Å². The molecule has 2 aliphatic heterocycles. The van der Waals surface area contributed by atoms with Gasteiger partial charge in [0, 0.05) is 24.8 Å². The SMILES string of the molecule is C=C(CCC1CCCN1)N1CCC(F)C1.NC(N)c1ccc(Cc2ccccc2)cc1. The molecule has 2 aromatic rings. The van der Waals surface area contributed by atoms with Crippen LogP contribution < -0.4 is 16.8 Å². The molecule has 5 heteroatoms. The van der Waals surface area contributed by atoms with E-state index in [-0.39, 0.29) is 6.17 Å². The Labute approximate surface area is 186 Å². The molecule has 2 aliphatic rings. The summed E-state index contributed by atoms with van der Waals surface area (Å²) < 4.78 is 13.0. The van der Waals surface area contributed by atoms with Gasteiger partial charge < -0.3 is 21.7 Å². The molecule has 0 radical (unpaired) electrons. The molecule has 0 aromatic heterocycles. The number of nitrogens with two attached hydrogens (primary N) is 2. The minimum atomic E-state index is -0.633. The van der Waals surface area contributed by atoms with Crippen LogP contribution in [-0.4, -0.2) is 36.7 Å². The Balaban J connectivity index is 0.000000176. The zero-order valence-corrected chi connectivity index (χ0v) is 18.5. The topological polar surface area (TPSA) is 67.3 Å². The fraction of sp³-hybridized carbons (Fsp3) is 0.462. The standard InChI is InChI=1S/C14H16N2.C12H21FN2/c15-14(16)13-8-6-12(7-9-13)10-11-4-2-1-3-5-11;1-10(15-8-6-11(13)9-15)4-5-12-3-2-7-14-12/h1-9,14H,10,15-16H2;11-12,14H,1-9H2. The minimum Gasteiger partial charge on any atom is -0.372 e. The fourth-order valence-electron chi connectivity index (χ4n) is 4.20. The number of rotatable bonds is 7. The summed E-state index contributed by atoms with van der Waals surface area (Å²) in [6, 6.07) is 19.2. The van der Waals surface area contributed by atoms with Crippen molar-refractivity contribution in [1.82, 2.24) is 10.2 Å². The molecule has 2 unspecified atom stereocenters. The maximum absolute atomic E-state index is 13.0. The van der Waals surface area contributed by atoms with Crippen molar-refractivity contribution < 1.29 is 4.39 Å². The lowest BCUT2D eigenvalue weighted by Crippen LogP contribution is -2.24. The largest absolute Gasteiger partial charge is 0.372 e. The molecule has 0 spiro atoms. The van der Waals surface area contributed by atoms with Crippen molar-refractivity contribution in [3.63, 3.8) is 0 Å². The number of likely N-dealkylation sites (tertiary alicyclic amines) is 1. The number of nitrogens with one attached hydrogen (secondary N) is 1. The summed E-state index contributed by atoms with van der Waals surface area (Å²) in [5, 5.41) is 3.48. The summed E-state index contributed by atoms with van der Waals surface area (Å²) in [6.45, 7) is 6.65. The van der Waals surface area contributed by atoms with Gasteiger partial charge in [0.2, 0.25) is 0 Å². The number of nitrogens with zero attached hydrogens (tertiary/aromatic N) is 1. The summed E-state index contributed by atoms with van der Waals surface area (Å²) in [6.07, 6.45) is 5.38. The first-order chi connectivity index (χ1) is 15.0. The number of halogens is 1. The zero-order chi connectivity index (χ0) is 22.1. The number of alkyl halides is 1. The second-order valence-corrected chi connectivity index (χ2v) is 8.66. The number of hydrogen-bond donors (Lipinski definition) is 3. The second-order valence-electron chi connectivity index (χ2n) is 8.66. The van der Waals surface area contributed by atoms with E-state index in [9.17, 15) is 4.39 Å². The van der Waals surface area contributed by atoms with Crippen LogP contribution in [0, 0.1) is 0 Å². The van der Waals surface area contributed by atoms with Crippen molar-refractivity contribution in [3.8, 4) is 0 Å². The Bertz CT molecular complexity index is 785. The van der Waals surface area contributed by atoms with Crippen LogP contribution >= 0.6 is 0 Å². The normalized spacial score (nSPS) is 20.6. The van der Waals surface area contributed by atoms with Crippen LogP contribution in [0.15, 0.2) is 66.9 Å². The number of allylic oxidation sites excluding steroid dienone is 1. The Hall–Kier alpha value is -2.21. The highest BCUT2D eigenvalue weighted by atomic mass is 19.1. The third kappa shape index (κ3) is 7.76. The van der Waals surface area contributed by atoms with E-state index in [2.05, 4.69) is 53.2 Å². The third-order valence-corrected chi connectivity index (χ3v) is 6.14. The first-order valence-electron chi connectivity index (χ1n) is 11.5. The van der Waals surface area contributed by atoms with Crippen LogP contribution in [0.1, 0.15) is 55.0 Å². The van der Waals surface area contributed by atoms with Gasteiger partial charge in [0.1, 0.15) is 6.17 Å². The lowest BCUT2D eigenvalue weighted by molar-refractivity contribution is 0.318. The molecule has 0 saturated carbocycles. The van der Waals surface area contributed by atoms with Gasteiger partial charge in [-0.05, 0) is 61.8 Å². The Morgan fingerprint density at radius 3 is 2.35 bits per heavy atom. The predicted octanol–water partition coefficient (Wildman–Crippen LogP) is 4.27. The lowest BCUT2D eigenvalue weighted by Gasteiger charge is -2.21. The fourth-order valence-corrected chi connectivity index (χ4v) is 4.20. The van der Waals surface area contributed by atoms with Crippen LogP contribution in [0.25, 0.3) is 0 Å². The minimum absolute atomic E-state index is 0.384. The van der Waals surface area contributed by atoms with E-state index in [4.69, 9.17) is 11.5 Å². The number of benzene rings is 2. The van der Waals surface area contributed by atoms with E-state index in [1.54, 1.807) is 0 Å². The summed E-state index contributed by atoms with van der Waals surface area (Å²) >= 11 is 0. The lowest BCUT2D eigenvalue weighted by atomic mass is 10.0. The van der Waals surface area contributed by atoms with Crippen LogP contribution in [0.2, 0.25) is 0 Å². The van der Waals surface area contributed by atoms with Gasteiger partial charge in [-0.25, -0.2) is 4.39 Å². The molecular weight excluding hydrogens is 387 g/mol. The van der Waals surface area contributed by atoms with Gasteiger partial charge in [-0.15, -0.1) is 0 Å². The summed E-state index contributed by atoms with van der Waals surface area (Å²) in [7, 11) is 0. The van der Waals surface area contributed by atoms with Gasteiger partial charge in [-0.1, -0.05) is 61.2 Å². The second kappa shape index (κ2) is 12.0. The molecule has 2 aromatic carbocycles. The van der Waals surface area contributed by atoms with E-state index in [0.717, 1.165) is 43.6 Å². The maximum Gasteiger partial charge on any atom is 0.119 e. The molecule has 2 saturated heterocycles. The molecule has 0 aliphatic carbocycles. The van der Waals surface area contributed by atoms with Crippen molar-refractivity contribution in [1.29, 1.82) is 0 Å². The average molecular weight is 425 g/mol. The monoisotopic (exact) mass is 424 g/mol. The molecule has 4 nitrogen and oxygen atoms in total. The molecule has 2 heterocycles. The highest BCUT2D eigenvalue weighted by Gasteiger charge is 2.23. The highest BCUT2D eigenvalue weighted by Crippen LogP contribution is 2.21. The molecular formula is C26H37FN4. The number of hydrogen-bond acceptors (Lipinski definition) is 4. The predicted molar refractivity (Wildman–Crippen MR) is 127 cm³/mol. The third-order valence-electron chi connectivity index (χ3n) is 6.14. The van der Waals surface area contributed by atoms with Gasteiger partial charge in [-0.3, -0.25) is 0 Å². The molecule has 31 heavy (non-hydrogen) atoms. The first-order valence-corrected chi connectivity index (χ1v) is 11.5. The first kappa shape index (κ1) is 23.5. The summed E-state index contributed by atoms with van der Waals surface area (Å²) in [5.74, 6) is 0. The maximum atomic E-state index is 13.0. The van der Waals surface area contributed by atoms with E-state index in [1.807, 2.05) is 18.2 Å². The Morgan fingerprint density at radius 1 is 1.06 bits per heavy atom. The van der Waals surface area contributed by atoms with Gasteiger partial charge >= 0.3 is 0 Å². The van der Waals surface area contributed by atoms with Crippen LogP contribution in [0.4, 0.5) is 4.39 Å². The molecule has 2 atom stereocenters. The van der Waals surface area contributed by atoms with Gasteiger partial charge in [0.15, 0.2) is 0 Å². The molecule has 4 rings (SSSR count). The summed E-state index contributed by atoms with van der Waals surface area (Å²) in [4.78, 5) is 2.11. The van der Waals surface area contributed by atoms with Crippen molar-refractivity contribution in [3.05, 3.63) is 83.6 Å². The Kier molecular flexibility index (Phi) is 9.07. The molecule has 0 bridgehead atoms. The van der Waals surface area contributed by atoms with Crippen molar-refractivity contribution >= 4 is 0 Å². The smallest absolute Gasteiger partial charge is 0.119 e. The quantitative estimate of drug-likeness (QED) is 0.581. The van der Waals surface area contributed by atoms with Gasteiger partial charge in [-0.2, -0.15) is 0 Å².